The zero-order valence-corrected chi connectivity index (χ0v) is 20.0. The van der Waals surface area contributed by atoms with Crippen molar-refractivity contribution in [2.45, 2.75) is 38.8 Å². The van der Waals surface area contributed by atoms with Crippen molar-refractivity contribution in [1.29, 1.82) is 5.26 Å². The Morgan fingerprint density at radius 1 is 0.818 bits per heavy atom. The molecule has 3 aromatic carbocycles. The van der Waals surface area contributed by atoms with Crippen molar-refractivity contribution in [2.75, 3.05) is 36.4 Å². The molecule has 0 bridgehead atoms. The van der Waals surface area contributed by atoms with Crippen molar-refractivity contribution in [2.24, 2.45) is 0 Å². The number of anilines is 2. The van der Waals surface area contributed by atoms with E-state index in [-0.39, 0.29) is 11.6 Å². The molecule has 170 valence electrons. The lowest BCUT2D eigenvalue weighted by Gasteiger charge is -2.34. The van der Waals surface area contributed by atoms with E-state index in [1.165, 1.54) is 16.8 Å². The van der Waals surface area contributed by atoms with Gasteiger partial charge in [-0.25, -0.2) is 0 Å². The zero-order chi connectivity index (χ0) is 23.3. The average Bonchev–Trinajstić information content (AvgIpc) is 3.10. The van der Waals surface area contributed by atoms with Crippen molar-refractivity contribution in [3.63, 3.8) is 0 Å². The van der Waals surface area contributed by atoms with Crippen LogP contribution in [0.4, 0.5) is 11.4 Å². The maximum Gasteiger partial charge on any atom is 0.101 e. The van der Waals surface area contributed by atoms with Gasteiger partial charge < -0.3 is 10.2 Å². The molecule has 0 aromatic heterocycles. The summed E-state index contributed by atoms with van der Waals surface area (Å²) < 4.78 is 0. The van der Waals surface area contributed by atoms with Gasteiger partial charge in [0.25, 0.3) is 0 Å². The van der Waals surface area contributed by atoms with Gasteiger partial charge in [0.15, 0.2) is 0 Å². The predicted molar refractivity (Wildman–Crippen MR) is 138 cm³/mol. The molecule has 0 aliphatic carbocycles. The molecule has 1 aliphatic rings. The molecule has 0 unspecified atom stereocenters. The van der Waals surface area contributed by atoms with Gasteiger partial charge in [-0.2, -0.15) is 5.26 Å². The molecule has 4 rings (SSSR count). The smallest absolute Gasteiger partial charge is 0.101 e. The number of rotatable bonds is 5. The molecular weight excluding hydrogens is 404 g/mol. The topological polar surface area (TPSA) is 42.3 Å². The van der Waals surface area contributed by atoms with Gasteiger partial charge in [0.2, 0.25) is 0 Å². The maximum absolute atomic E-state index is 9.83. The molecular formula is C29H34N4. The third-order valence-electron chi connectivity index (χ3n) is 6.50. The largest absolute Gasteiger partial charge is 0.373 e. The molecule has 4 nitrogen and oxygen atoms in total. The van der Waals surface area contributed by atoms with Crippen LogP contribution in [0.5, 0.6) is 0 Å². The predicted octanol–water partition coefficient (Wildman–Crippen LogP) is 6.07. The minimum Gasteiger partial charge on any atom is -0.373 e. The number of hydrogen-bond donors (Lipinski definition) is 1. The maximum atomic E-state index is 9.83. The highest BCUT2D eigenvalue weighted by molar-refractivity contribution is 5.67. The van der Waals surface area contributed by atoms with Crippen LogP contribution >= 0.6 is 0 Å². The molecule has 0 saturated carbocycles. The summed E-state index contributed by atoms with van der Waals surface area (Å²) in [5.41, 5.74) is 5.26. The SMILES string of the molecule is CC(C)(C)N1CCCN(c2ccc(C#N)c(NC(c3ccccc3)c3ccccc3)c2)CC1. The summed E-state index contributed by atoms with van der Waals surface area (Å²) in [5.74, 6) is 0. The van der Waals surface area contributed by atoms with Gasteiger partial charge in [0.05, 0.1) is 17.3 Å². The van der Waals surface area contributed by atoms with Crippen LogP contribution in [-0.2, 0) is 0 Å². The Kier molecular flexibility index (Phi) is 7.01. The third kappa shape index (κ3) is 5.56. The molecule has 0 radical (unpaired) electrons. The van der Waals surface area contributed by atoms with E-state index in [1.54, 1.807) is 0 Å². The lowest BCUT2D eigenvalue weighted by atomic mass is 9.98. The summed E-state index contributed by atoms with van der Waals surface area (Å²) in [5, 5.41) is 13.5. The fourth-order valence-corrected chi connectivity index (χ4v) is 4.60. The number of nitrogens with zero attached hydrogens (tertiary/aromatic N) is 3. The van der Waals surface area contributed by atoms with Crippen LogP contribution in [0.25, 0.3) is 0 Å². The van der Waals surface area contributed by atoms with Gasteiger partial charge in [-0.3, -0.25) is 4.90 Å². The number of benzene rings is 3. The molecule has 1 saturated heterocycles. The van der Waals surface area contributed by atoms with Gasteiger partial charge in [0.1, 0.15) is 6.07 Å². The molecule has 0 amide bonds. The molecule has 33 heavy (non-hydrogen) atoms. The van der Waals surface area contributed by atoms with Crippen molar-refractivity contribution in [3.05, 3.63) is 95.6 Å². The van der Waals surface area contributed by atoms with Crippen LogP contribution in [0.2, 0.25) is 0 Å². The van der Waals surface area contributed by atoms with Crippen LogP contribution in [0, 0.1) is 11.3 Å². The minimum atomic E-state index is -0.0322. The summed E-state index contributed by atoms with van der Waals surface area (Å²) >= 11 is 0. The summed E-state index contributed by atoms with van der Waals surface area (Å²) in [7, 11) is 0. The molecule has 3 aromatic rings. The van der Waals surface area contributed by atoms with Crippen molar-refractivity contribution >= 4 is 11.4 Å². The first-order valence-electron chi connectivity index (χ1n) is 11.9. The van der Waals surface area contributed by atoms with E-state index in [2.05, 4.69) is 103 Å². The van der Waals surface area contributed by atoms with Gasteiger partial charge in [-0.1, -0.05) is 60.7 Å². The second-order valence-corrected chi connectivity index (χ2v) is 9.74. The Balaban J connectivity index is 1.63. The van der Waals surface area contributed by atoms with Gasteiger partial charge in [0, 0.05) is 37.4 Å². The van der Waals surface area contributed by atoms with E-state index in [9.17, 15) is 5.26 Å². The second-order valence-electron chi connectivity index (χ2n) is 9.74. The fourth-order valence-electron chi connectivity index (χ4n) is 4.60. The van der Waals surface area contributed by atoms with Crippen LogP contribution in [-0.4, -0.2) is 36.6 Å². The summed E-state index contributed by atoms with van der Waals surface area (Å²) in [6, 6.07) is 29.4. The van der Waals surface area contributed by atoms with E-state index >= 15 is 0 Å². The Labute approximate surface area is 198 Å². The lowest BCUT2D eigenvalue weighted by molar-refractivity contribution is 0.148. The van der Waals surface area contributed by atoms with Crippen molar-refractivity contribution < 1.29 is 0 Å². The second kappa shape index (κ2) is 10.1. The van der Waals surface area contributed by atoms with Crippen molar-refractivity contribution in [3.8, 4) is 6.07 Å². The van der Waals surface area contributed by atoms with Crippen LogP contribution in [0.3, 0.4) is 0 Å². The van der Waals surface area contributed by atoms with Crippen LogP contribution in [0.15, 0.2) is 78.9 Å². The molecule has 1 aliphatic heterocycles. The highest BCUT2D eigenvalue weighted by Gasteiger charge is 2.24. The summed E-state index contributed by atoms with van der Waals surface area (Å²) in [4.78, 5) is 5.02. The van der Waals surface area contributed by atoms with Gasteiger partial charge >= 0.3 is 0 Å². The average molecular weight is 439 g/mol. The Morgan fingerprint density at radius 2 is 1.45 bits per heavy atom. The molecule has 1 N–H and O–H groups in total. The quantitative estimate of drug-likeness (QED) is 0.525. The van der Waals surface area contributed by atoms with E-state index in [0.29, 0.717) is 5.56 Å². The molecule has 4 heteroatoms. The van der Waals surface area contributed by atoms with Gasteiger partial charge in [-0.05, 0) is 56.5 Å². The molecule has 0 spiro atoms. The Hall–Kier alpha value is -3.29. The van der Waals surface area contributed by atoms with Crippen molar-refractivity contribution in [1.82, 2.24) is 4.90 Å². The van der Waals surface area contributed by atoms with E-state index in [1.807, 2.05) is 18.2 Å². The van der Waals surface area contributed by atoms with E-state index < -0.39 is 0 Å². The third-order valence-corrected chi connectivity index (χ3v) is 6.50. The monoisotopic (exact) mass is 438 g/mol. The normalized spacial score (nSPS) is 15.2. The molecule has 1 heterocycles. The van der Waals surface area contributed by atoms with E-state index in [0.717, 1.165) is 38.3 Å². The Morgan fingerprint density at radius 3 is 2.03 bits per heavy atom. The lowest BCUT2D eigenvalue weighted by Crippen LogP contribution is -2.43. The number of nitriles is 1. The van der Waals surface area contributed by atoms with Crippen LogP contribution in [0.1, 0.15) is 49.9 Å². The minimum absolute atomic E-state index is 0.0322. The first-order valence-corrected chi connectivity index (χ1v) is 11.9. The number of hydrogen-bond acceptors (Lipinski definition) is 4. The summed E-state index contributed by atoms with van der Waals surface area (Å²) in [6.45, 7) is 11.1. The highest BCUT2D eigenvalue weighted by Crippen LogP contribution is 2.31. The fraction of sp³-hybridized carbons (Fsp3) is 0.345. The Bertz CT molecular complexity index is 1040. The first kappa shape index (κ1) is 22.9. The highest BCUT2D eigenvalue weighted by atomic mass is 15.2. The first-order chi connectivity index (χ1) is 16.0. The van der Waals surface area contributed by atoms with Gasteiger partial charge in [-0.15, -0.1) is 0 Å². The van der Waals surface area contributed by atoms with E-state index in [4.69, 9.17) is 0 Å². The number of nitrogens with one attached hydrogen (secondary N) is 1. The zero-order valence-electron chi connectivity index (χ0n) is 20.0. The molecule has 0 atom stereocenters. The molecule has 1 fully saturated rings. The van der Waals surface area contributed by atoms with Crippen LogP contribution < -0.4 is 10.2 Å². The standard InChI is InChI=1S/C29H34N4/c1-29(2,3)33-18-10-17-32(19-20-33)26-16-15-25(22-30)27(21-26)31-28(23-11-6-4-7-12-23)24-13-8-5-9-14-24/h4-9,11-16,21,28,31H,10,17-20H2,1-3H3. The summed E-state index contributed by atoms with van der Waals surface area (Å²) in [6.07, 6.45) is 1.14.